The summed E-state index contributed by atoms with van der Waals surface area (Å²) in [4.78, 5) is 10.1. The molecule has 102 valence electrons. The Hall–Kier alpha value is -1.60. The van der Waals surface area contributed by atoms with Crippen LogP contribution in [-0.4, -0.2) is 28.4 Å². The maximum absolute atomic E-state index is 10.6. The van der Waals surface area contributed by atoms with Gasteiger partial charge in [-0.15, -0.1) is 0 Å². The van der Waals surface area contributed by atoms with Gasteiger partial charge in [-0.25, -0.2) is 0 Å². The molecule has 0 atom stereocenters. The molecule has 1 aliphatic rings. The van der Waals surface area contributed by atoms with Crippen LogP contribution in [0.3, 0.4) is 0 Å². The van der Waals surface area contributed by atoms with Crippen LogP contribution < -0.4 is 5.46 Å². The van der Waals surface area contributed by atoms with Crippen molar-refractivity contribution in [2.75, 3.05) is 0 Å². The molecule has 1 aromatic rings. The summed E-state index contributed by atoms with van der Waals surface area (Å²) in [5, 5.41) is 20.5. The largest absolute Gasteiger partial charge is 0.508 e. The minimum atomic E-state index is -0.731. The van der Waals surface area contributed by atoms with Crippen molar-refractivity contribution in [3.05, 3.63) is 28.3 Å². The van der Waals surface area contributed by atoms with E-state index in [1.165, 1.54) is 12.1 Å². The summed E-state index contributed by atoms with van der Waals surface area (Å²) in [5.74, 6) is -0.201. The minimum absolute atomic E-state index is 0.169. The van der Waals surface area contributed by atoms with Gasteiger partial charge in [0.15, 0.2) is 0 Å². The van der Waals surface area contributed by atoms with Crippen LogP contribution in [0.5, 0.6) is 5.75 Å². The molecule has 0 saturated carbocycles. The molecule has 0 amide bonds. The molecule has 1 N–H and O–H groups in total. The lowest BCUT2D eigenvalue weighted by atomic mass is 9.78. The zero-order valence-electron chi connectivity index (χ0n) is 11.3. The van der Waals surface area contributed by atoms with Crippen molar-refractivity contribution in [2.24, 2.45) is 0 Å². The Morgan fingerprint density at radius 2 is 1.74 bits per heavy atom. The third-order valence-electron chi connectivity index (χ3n) is 3.73. The monoisotopic (exact) mass is 265 g/mol. The molecule has 1 fully saturated rings. The van der Waals surface area contributed by atoms with Crippen LogP contribution in [0.15, 0.2) is 18.2 Å². The van der Waals surface area contributed by atoms with Gasteiger partial charge in [-0.3, -0.25) is 10.1 Å². The van der Waals surface area contributed by atoms with E-state index in [0.29, 0.717) is 5.46 Å². The molecular formula is C12H16BNO5. The predicted octanol–water partition coefficient (Wildman–Crippen LogP) is 1.60. The van der Waals surface area contributed by atoms with Crippen LogP contribution in [0.25, 0.3) is 0 Å². The Bertz CT molecular complexity index is 513. The normalized spacial score (nSPS) is 20.5. The van der Waals surface area contributed by atoms with Crippen molar-refractivity contribution < 1.29 is 19.3 Å². The van der Waals surface area contributed by atoms with Gasteiger partial charge in [0.1, 0.15) is 5.75 Å². The van der Waals surface area contributed by atoms with Gasteiger partial charge in [-0.1, -0.05) is 6.07 Å². The van der Waals surface area contributed by atoms with Gasteiger partial charge < -0.3 is 14.4 Å². The molecule has 0 spiro atoms. The topological polar surface area (TPSA) is 81.8 Å². The van der Waals surface area contributed by atoms with E-state index in [0.717, 1.165) is 6.07 Å². The number of benzene rings is 1. The first-order valence-corrected chi connectivity index (χ1v) is 5.97. The molecule has 2 rings (SSSR count). The van der Waals surface area contributed by atoms with Crippen molar-refractivity contribution in [1.29, 1.82) is 0 Å². The van der Waals surface area contributed by atoms with Crippen LogP contribution in [0.4, 0.5) is 5.69 Å². The van der Waals surface area contributed by atoms with Gasteiger partial charge in [0.05, 0.1) is 22.2 Å². The summed E-state index contributed by atoms with van der Waals surface area (Å²) in [6.07, 6.45) is 0. The first-order chi connectivity index (χ1) is 8.64. The zero-order chi connectivity index (χ0) is 14.4. The lowest BCUT2D eigenvalue weighted by molar-refractivity contribution is -0.384. The van der Waals surface area contributed by atoms with Gasteiger partial charge in [0.2, 0.25) is 0 Å². The number of phenolic OH excluding ortho intramolecular Hbond substituents is 1. The standard InChI is InChI=1S/C12H16BNO5/c1-11(2)12(3,4)19-13(18-11)9-6-5-8(14(16)17)7-10(9)15/h5-7,15H,1-4H3. The second-order valence-corrected chi connectivity index (χ2v) is 5.59. The number of nitro benzene ring substituents is 1. The lowest BCUT2D eigenvalue weighted by Gasteiger charge is -2.32. The fourth-order valence-corrected chi connectivity index (χ4v) is 1.81. The average molecular weight is 265 g/mol. The summed E-state index contributed by atoms with van der Waals surface area (Å²) in [7, 11) is -0.731. The van der Waals surface area contributed by atoms with E-state index in [4.69, 9.17) is 9.31 Å². The quantitative estimate of drug-likeness (QED) is 0.499. The van der Waals surface area contributed by atoms with Crippen LogP contribution in [-0.2, 0) is 9.31 Å². The number of nitrogens with zero attached hydrogens (tertiary/aromatic N) is 1. The van der Waals surface area contributed by atoms with Crippen LogP contribution >= 0.6 is 0 Å². The van der Waals surface area contributed by atoms with E-state index in [1.54, 1.807) is 0 Å². The van der Waals surface area contributed by atoms with Crippen molar-refractivity contribution in [2.45, 2.75) is 38.9 Å². The molecule has 0 unspecified atom stereocenters. The minimum Gasteiger partial charge on any atom is -0.508 e. The Labute approximate surface area is 111 Å². The van der Waals surface area contributed by atoms with Crippen LogP contribution in [0.2, 0.25) is 0 Å². The molecule has 1 heterocycles. The fourth-order valence-electron chi connectivity index (χ4n) is 1.81. The van der Waals surface area contributed by atoms with E-state index >= 15 is 0 Å². The maximum atomic E-state index is 10.6. The van der Waals surface area contributed by atoms with E-state index in [1.807, 2.05) is 27.7 Å². The third-order valence-corrected chi connectivity index (χ3v) is 3.73. The van der Waals surface area contributed by atoms with E-state index in [-0.39, 0.29) is 11.4 Å². The van der Waals surface area contributed by atoms with E-state index in [2.05, 4.69) is 0 Å². The second kappa shape index (κ2) is 4.21. The molecule has 19 heavy (non-hydrogen) atoms. The summed E-state index contributed by atoms with van der Waals surface area (Å²) in [5.41, 5.74) is -0.820. The molecule has 1 aromatic carbocycles. The molecule has 1 saturated heterocycles. The first kappa shape index (κ1) is 13.8. The van der Waals surface area contributed by atoms with Gasteiger partial charge in [0.25, 0.3) is 5.69 Å². The highest BCUT2D eigenvalue weighted by Crippen LogP contribution is 2.37. The summed E-state index contributed by atoms with van der Waals surface area (Å²) in [6, 6.07) is 3.87. The van der Waals surface area contributed by atoms with Crippen LogP contribution in [0.1, 0.15) is 27.7 Å². The van der Waals surface area contributed by atoms with Gasteiger partial charge in [-0.2, -0.15) is 0 Å². The third kappa shape index (κ3) is 2.31. The smallest absolute Gasteiger partial charge is 0.498 e. The Morgan fingerprint density at radius 3 is 2.16 bits per heavy atom. The number of nitro groups is 1. The lowest BCUT2D eigenvalue weighted by Crippen LogP contribution is -2.41. The molecule has 6 nitrogen and oxygen atoms in total. The van der Waals surface area contributed by atoms with Crippen LogP contribution in [0, 0.1) is 10.1 Å². The Balaban J connectivity index is 2.33. The van der Waals surface area contributed by atoms with E-state index in [9.17, 15) is 15.2 Å². The predicted molar refractivity (Wildman–Crippen MR) is 70.5 cm³/mol. The molecule has 7 heteroatoms. The van der Waals surface area contributed by atoms with Crippen molar-refractivity contribution in [3.8, 4) is 5.75 Å². The number of aromatic hydroxyl groups is 1. The maximum Gasteiger partial charge on any atom is 0.498 e. The number of hydrogen-bond acceptors (Lipinski definition) is 5. The van der Waals surface area contributed by atoms with Gasteiger partial charge in [-0.05, 0) is 27.7 Å². The Morgan fingerprint density at radius 1 is 1.21 bits per heavy atom. The second-order valence-electron chi connectivity index (χ2n) is 5.59. The molecular weight excluding hydrogens is 249 g/mol. The average Bonchev–Trinajstić information content (AvgIpc) is 2.47. The first-order valence-electron chi connectivity index (χ1n) is 5.97. The van der Waals surface area contributed by atoms with Crippen molar-refractivity contribution in [3.63, 3.8) is 0 Å². The van der Waals surface area contributed by atoms with Crippen molar-refractivity contribution >= 4 is 18.3 Å². The van der Waals surface area contributed by atoms with Gasteiger partial charge in [0, 0.05) is 11.5 Å². The number of rotatable bonds is 2. The number of phenols is 1. The highest BCUT2D eigenvalue weighted by Gasteiger charge is 2.52. The zero-order valence-corrected chi connectivity index (χ0v) is 11.3. The highest BCUT2D eigenvalue weighted by atomic mass is 16.7. The molecule has 0 bridgehead atoms. The fraction of sp³-hybridized carbons (Fsp3) is 0.500. The number of hydrogen-bond donors (Lipinski definition) is 1. The summed E-state index contributed by atoms with van der Waals surface area (Å²) < 4.78 is 11.6. The van der Waals surface area contributed by atoms with E-state index < -0.39 is 23.2 Å². The summed E-state index contributed by atoms with van der Waals surface area (Å²) >= 11 is 0. The highest BCUT2D eigenvalue weighted by molar-refractivity contribution is 6.63. The molecule has 0 aromatic heterocycles. The molecule has 1 aliphatic heterocycles. The molecule has 0 aliphatic carbocycles. The molecule has 0 radical (unpaired) electrons. The van der Waals surface area contributed by atoms with Crippen molar-refractivity contribution in [1.82, 2.24) is 0 Å². The summed E-state index contributed by atoms with van der Waals surface area (Å²) in [6.45, 7) is 7.59. The number of non-ortho nitro benzene ring substituents is 1. The SMILES string of the molecule is CC1(C)OB(c2ccc([N+](=O)[O-])cc2O)OC1(C)C. The Kier molecular flexibility index (Phi) is 3.06. The van der Waals surface area contributed by atoms with Gasteiger partial charge >= 0.3 is 7.12 Å².